The molecule has 0 atom stereocenters. The van der Waals surface area contributed by atoms with E-state index in [0.717, 1.165) is 22.7 Å². The van der Waals surface area contributed by atoms with Crippen LogP contribution in [0.5, 0.6) is 11.5 Å². The van der Waals surface area contributed by atoms with Gasteiger partial charge in [-0.2, -0.15) is 0 Å². The number of rotatable bonds is 7. The maximum absolute atomic E-state index is 12.8. The smallest absolute Gasteiger partial charge is 0.233 e. The van der Waals surface area contributed by atoms with E-state index in [-0.39, 0.29) is 12.7 Å². The number of hydrogen-bond donors (Lipinski definition) is 0. The van der Waals surface area contributed by atoms with Crippen LogP contribution in [0.25, 0.3) is 5.69 Å². The van der Waals surface area contributed by atoms with E-state index >= 15 is 0 Å². The van der Waals surface area contributed by atoms with Gasteiger partial charge in [-0.1, -0.05) is 35.5 Å². The Bertz CT molecular complexity index is 1000. The molecule has 0 fully saturated rings. The number of amides is 1. The summed E-state index contributed by atoms with van der Waals surface area (Å²) in [5.74, 6) is 1.82. The van der Waals surface area contributed by atoms with Gasteiger partial charge in [-0.15, -0.1) is 10.2 Å². The standard InChI is InChI=1S/C21H22N4O3S/c1-3-24(11-16-6-9-18-19(10-16)28-14-27-18)20(26)12-29-21-23-22-13-25(21)17-7-4-15(2)5-8-17/h4-10,13H,3,11-12,14H2,1-2H3. The normalized spacial score (nSPS) is 12.2. The van der Waals surface area contributed by atoms with Crippen molar-refractivity contribution in [1.82, 2.24) is 19.7 Å². The third-order valence-electron chi connectivity index (χ3n) is 4.70. The molecular weight excluding hydrogens is 388 g/mol. The van der Waals surface area contributed by atoms with Crippen LogP contribution in [0.15, 0.2) is 53.9 Å². The molecule has 0 spiro atoms. The second kappa shape index (κ2) is 8.57. The zero-order chi connectivity index (χ0) is 20.2. The minimum Gasteiger partial charge on any atom is -0.454 e. The number of aryl methyl sites for hydroxylation is 1. The molecule has 1 aliphatic heterocycles. The van der Waals surface area contributed by atoms with Gasteiger partial charge < -0.3 is 14.4 Å². The van der Waals surface area contributed by atoms with Gasteiger partial charge in [0.15, 0.2) is 16.7 Å². The van der Waals surface area contributed by atoms with Crippen LogP contribution in [0, 0.1) is 6.92 Å². The largest absolute Gasteiger partial charge is 0.454 e. The molecule has 0 unspecified atom stereocenters. The molecule has 0 radical (unpaired) electrons. The van der Waals surface area contributed by atoms with Crippen LogP contribution in [0.1, 0.15) is 18.1 Å². The molecule has 8 heteroatoms. The molecule has 0 aliphatic carbocycles. The number of fused-ring (bicyclic) bond motifs is 1. The van der Waals surface area contributed by atoms with Crippen molar-refractivity contribution in [2.75, 3.05) is 19.1 Å². The maximum atomic E-state index is 12.8. The van der Waals surface area contributed by atoms with Gasteiger partial charge in [0, 0.05) is 18.8 Å². The van der Waals surface area contributed by atoms with E-state index in [1.807, 2.05) is 65.8 Å². The molecule has 29 heavy (non-hydrogen) atoms. The molecule has 2 heterocycles. The molecule has 0 saturated heterocycles. The Labute approximate surface area is 173 Å². The summed E-state index contributed by atoms with van der Waals surface area (Å²) in [5, 5.41) is 8.87. The molecule has 0 bridgehead atoms. The fraction of sp³-hybridized carbons (Fsp3) is 0.286. The molecule has 2 aromatic carbocycles. The zero-order valence-corrected chi connectivity index (χ0v) is 17.2. The number of thioether (sulfide) groups is 1. The lowest BCUT2D eigenvalue weighted by atomic mass is 10.2. The van der Waals surface area contributed by atoms with Gasteiger partial charge in [0.2, 0.25) is 12.7 Å². The van der Waals surface area contributed by atoms with Gasteiger partial charge in [-0.3, -0.25) is 9.36 Å². The van der Waals surface area contributed by atoms with Crippen molar-refractivity contribution in [1.29, 1.82) is 0 Å². The lowest BCUT2D eigenvalue weighted by Gasteiger charge is -2.21. The van der Waals surface area contributed by atoms with E-state index in [1.165, 1.54) is 17.3 Å². The highest BCUT2D eigenvalue weighted by Gasteiger charge is 2.18. The lowest BCUT2D eigenvalue weighted by molar-refractivity contribution is -0.128. The molecule has 1 aromatic heterocycles. The number of aromatic nitrogens is 3. The number of ether oxygens (including phenoxy) is 2. The highest BCUT2D eigenvalue weighted by atomic mass is 32.2. The molecule has 3 aromatic rings. The van der Waals surface area contributed by atoms with Crippen LogP contribution in [-0.4, -0.2) is 44.7 Å². The van der Waals surface area contributed by atoms with Crippen molar-refractivity contribution in [3.05, 3.63) is 59.9 Å². The molecule has 7 nitrogen and oxygen atoms in total. The summed E-state index contributed by atoms with van der Waals surface area (Å²) in [6, 6.07) is 13.9. The minimum absolute atomic E-state index is 0.0497. The number of hydrogen-bond acceptors (Lipinski definition) is 6. The van der Waals surface area contributed by atoms with Crippen molar-refractivity contribution in [2.45, 2.75) is 25.5 Å². The van der Waals surface area contributed by atoms with E-state index in [1.54, 1.807) is 6.33 Å². The number of carbonyl (C=O) groups excluding carboxylic acids is 1. The van der Waals surface area contributed by atoms with E-state index in [4.69, 9.17) is 9.47 Å². The topological polar surface area (TPSA) is 69.5 Å². The summed E-state index contributed by atoms with van der Waals surface area (Å²) >= 11 is 1.39. The first kappa shape index (κ1) is 19.3. The Kier molecular flexibility index (Phi) is 5.71. The van der Waals surface area contributed by atoms with Crippen molar-refractivity contribution >= 4 is 17.7 Å². The third kappa shape index (κ3) is 4.37. The van der Waals surface area contributed by atoms with Crippen molar-refractivity contribution < 1.29 is 14.3 Å². The van der Waals surface area contributed by atoms with Crippen LogP contribution < -0.4 is 9.47 Å². The average Bonchev–Trinajstić information content (AvgIpc) is 3.39. The molecule has 1 aliphatic rings. The lowest BCUT2D eigenvalue weighted by Crippen LogP contribution is -2.31. The van der Waals surface area contributed by atoms with Crippen LogP contribution in [0.4, 0.5) is 0 Å². The molecular formula is C21H22N4O3S. The second-order valence-electron chi connectivity index (χ2n) is 6.70. The van der Waals surface area contributed by atoms with Crippen molar-refractivity contribution in [3.63, 3.8) is 0 Å². The van der Waals surface area contributed by atoms with E-state index in [9.17, 15) is 4.79 Å². The van der Waals surface area contributed by atoms with E-state index in [2.05, 4.69) is 10.2 Å². The Morgan fingerprint density at radius 1 is 1.17 bits per heavy atom. The Morgan fingerprint density at radius 2 is 1.97 bits per heavy atom. The molecule has 150 valence electrons. The van der Waals surface area contributed by atoms with Crippen molar-refractivity contribution in [3.8, 4) is 17.2 Å². The summed E-state index contributed by atoms with van der Waals surface area (Å²) in [7, 11) is 0. The van der Waals surface area contributed by atoms with Gasteiger partial charge in [0.1, 0.15) is 6.33 Å². The fourth-order valence-electron chi connectivity index (χ4n) is 3.06. The Balaban J connectivity index is 1.40. The first-order chi connectivity index (χ1) is 14.1. The van der Waals surface area contributed by atoms with Crippen LogP contribution >= 0.6 is 11.8 Å². The van der Waals surface area contributed by atoms with Gasteiger partial charge in [-0.05, 0) is 43.7 Å². The molecule has 0 N–H and O–H groups in total. The van der Waals surface area contributed by atoms with Crippen molar-refractivity contribution in [2.24, 2.45) is 0 Å². The summed E-state index contributed by atoms with van der Waals surface area (Å²) in [5.41, 5.74) is 3.17. The van der Waals surface area contributed by atoms with Crippen LogP contribution in [0.2, 0.25) is 0 Å². The monoisotopic (exact) mass is 410 g/mol. The average molecular weight is 410 g/mol. The third-order valence-corrected chi connectivity index (χ3v) is 5.63. The quantitative estimate of drug-likeness (QED) is 0.556. The summed E-state index contributed by atoms with van der Waals surface area (Å²) in [6.45, 7) is 5.41. The second-order valence-corrected chi connectivity index (χ2v) is 7.65. The first-order valence-electron chi connectivity index (χ1n) is 9.40. The van der Waals surface area contributed by atoms with Gasteiger partial charge in [-0.25, -0.2) is 0 Å². The minimum atomic E-state index is 0.0497. The number of carbonyl (C=O) groups is 1. The zero-order valence-electron chi connectivity index (χ0n) is 16.4. The highest BCUT2D eigenvalue weighted by Crippen LogP contribution is 2.33. The van der Waals surface area contributed by atoms with Gasteiger partial charge in [0.05, 0.1) is 5.75 Å². The predicted molar refractivity (Wildman–Crippen MR) is 110 cm³/mol. The van der Waals surface area contributed by atoms with Crippen LogP contribution in [-0.2, 0) is 11.3 Å². The highest BCUT2D eigenvalue weighted by molar-refractivity contribution is 7.99. The summed E-state index contributed by atoms with van der Waals surface area (Å²) in [6.07, 6.45) is 1.67. The summed E-state index contributed by atoms with van der Waals surface area (Å²) < 4.78 is 12.7. The Hall–Kier alpha value is -3.00. The number of benzene rings is 2. The molecule has 4 rings (SSSR count). The Morgan fingerprint density at radius 3 is 2.76 bits per heavy atom. The molecule has 0 saturated carbocycles. The van der Waals surface area contributed by atoms with Crippen LogP contribution in [0.3, 0.4) is 0 Å². The first-order valence-corrected chi connectivity index (χ1v) is 10.4. The summed E-state index contributed by atoms with van der Waals surface area (Å²) in [4.78, 5) is 14.6. The predicted octanol–water partition coefficient (Wildman–Crippen LogP) is 3.45. The molecule has 1 amide bonds. The maximum Gasteiger partial charge on any atom is 0.233 e. The van der Waals surface area contributed by atoms with E-state index in [0.29, 0.717) is 24.0 Å². The van der Waals surface area contributed by atoms with Gasteiger partial charge >= 0.3 is 0 Å². The SMILES string of the molecule is CCN(Cc1ccc2c(c1)OCO2)C(=O)CSc1nncn1-c1ccc(C)cc1. The number of nitrogens with zero attached hydrogens (tertiary/aromatic N) is 4. The van der Waals surface area contributed by atoms with E-state index < -0.39 is 0 Å². The fourth-order valence-corrected chi connectivity index (χ4v) is 3.89. The van der Waals surface area contributed by atoms with Gasteiger partial charge in [0.25, 0.3) is 0 Å².